The van der Waals surface area contributed by atoms with E-state index < -0.39 is 0 Å². The number of anilines is 1. The number of H-pyrrole nitrogens is 1. The van der Waals surface area contributed by atoms with Crippen molar-refractivity contribution in [2.75, 3.05) is 5.73 Å². The first kappa shape index (κ1) is 16.8. The maximum Gasteiger partial charge on any atom is 0.165 e. The highest BCUT2D eigenvalue weighted by molar-refractivity contribution is 5.67. The zero-order valence-corrected chi connectivity index (χ0v) is 14.7. The third kappa shape index (κ3) is 4.12. The van der Waals surface area contributed by atoms with Gasteiger partial charge in [-0.05, 0) is 35.4 Å². The van der Waals surface area contributed by atoms with E-state index in [1.807, 2.05) is 66.7 Å². The number of benzene rings is 2. The molecule has 134 valence electrons. The van der Waals surface area contributed by atoms with Crippen molar-refractivity contribution in [1.29, 1.82) is 0 Å². The Morgan fingerprint density at radius 3 is 2.44 bits per heavy atom. The van der Waals surface area contributed by atoms with Crippen LogP contribution in [-0.2, 0) is 13.0 Å². The molecule has 0 fully saturated rings. The van der Waals surface area contributed by atoms with Crippen LogP contribution in [0.15, 0.2) is 72.9 Å². The average Bonchev–Trinajstić information content (AvgIpc) is 3.17. The SMILES string of the molecule is Nc1ncccc1-c1nnc(Cc2ccc(OCc3ccccc3)cc2)[nH]1. The van der Waals surface area contributed by atoms with E-state index in [1.54, 1.807) is 6.20 Å². The molecule has 2 aromatic heterocycles. The van der Waals surface area contributed by atoms with Gasteiger partial charge in [-0.3, -0.25) is 0 Å². The standard InChI is InChI=1S/C21H19N5O/c22-20-18(7-4-12-23-20)21-24-19(25-26-21)13-15-8-10-17(11-9-15)27-14-16-5-2-1-3-6-16/h1-12H,13-14H2,(H2,22,23)(H,24,25,26). The van der Waals surface area contributed by atoms with Crippen LogP contribution in [0.25, 0.3) is 11.4 Å². The molecular weight excluding hydrogens is 338 g/mol. The lowest BCUT2D eigenvalue weighted by molar-refractivity contribution is 0.306. The highest BCUT2D eigenvalue weighted by Gasteiger charge is 2.09. The minimum atomic E-state index is 0.431. The highest BCUT2D eigenvalue weighted by Crippen LogP contribution is 2.21. The number of nitrogens with one attached hydrogen (secondary N) is 1. The molecule has 4 rings (SSSR count). The second kappa shape index (κ2) is 7.70. The van der Waals surface area contributed by atoms with E-state index in [0.717, 1.165) is 28.3 Å². The molecule has 2 aromatic carbocycles. The van der Waals surface area contributed by atoms with Crippen molar-refractivity contribution in [3.05, 3.63) is 89.9 Å². The number of nitrogens with two attached hydrogens (primary N) is 1. The minimum absolute atomic E-state index is 0.431. The van der Waals surface area contributed by atoms with Gasteiger partial charge in [0, 0.05) is 12.6 Å². The topological polar surface area (TPSA) is 89.7 Å². The summed E-state index contributed by atoms with van der Waals surface area (Å²) in [7, 11) is 0. The molecule has 0 amide bonds. The van der Waals surface area contributed by atoms with Gasteiger partial charge < -0.3 is 15.5 Å². The first-order valence-electron chi connectivity index (χ1n) is 8.66. The van der Waals surface area contributed by atoms with Crippen LogP contribution >= 0.6 is 0 Å². The quantitative estimate of drug-likeness (QED) is 0.550. The van der Waals surface area contributed by atoms with Crippen LogP contribution in [0.2, 0.25) is 0 Å². The number of aromatic amines is 1. The van der Waals surface area contributed by atoms with Crippen LogP contribution in [0.5, 0.6) is 5.75 Å². The predicted molar refractivity (Wildman–Crippen MR) is 104 cm³/mol. The summed E-state index contributed by atoms with van der Waals surface area (Å²) in [5.41, 5.74) is 8.90. The fourth-order valence-corrected chi connectivity index (χ4v) is 2.75. The molecular formula is C21H19N5O. The van der Waals surface area contributed by atoms with Crippen LogP contribution in [0.4, 0.5) is 5.82 Å². The van der Waals surface area contributed by atoms with Crippen LogP contribution in [-0.4, -0.2) is 20.2 Å². The van der Waals surface area contributed by atoms with E-state index in [2.05, 4.69) is 20.2 Å². The molecule has 0 spiro atoms. The molecule has 6 nitrogen and oxygen atoms in total. The van der Waals surface area contributed by atoms with E-state index in [1.165, 1.54) is 0 Å². The summed E-state index contributed by atoms with van der Waals surface area (Å²) in [6, 6.07) is 21.8. The van der Waals surface area contributed by atoms with Gasteiger partial charge in [0.15, 0.2) is 5.82 Å². The molecule has 0 atom stereocenters. The summed E-state index contributed by atoms with van der Waals surface area (Å²) in [5.74, 6) is 2.66. The Balaban J connectivity index is 1.39. The smallest absolute Gasteiger partial charge is 0.165 e. The van der Waals surface area contributed by atoms with Gasteiger partial charge in [0.25, 0.3) is 0 Å². The third-order valence-corrected chi connectivity index (χ3v) is 4.17. The molecule has 0 bridgehead atoms. The fraction of sp³-hybridized carbons (Fsp3) is 0.0952. The zero-order valence-electron chi connectivity index (χ0n) is 14.7. The van der Waals surface area contributed by atoms with Crippen LogP contribution in [0.3, 0.4) is 0 Å². The molecule has 0 saturated heterocycles. The number of ether oxygens (including phenoxy) is 1. The largest absolute Gasteiger partial charge is 0.489 e. The Morgan fingerprint density at radius 2 is 1.67 bits per heavy atom. The van der Waals surface area contributed by atoms with Gasteiger partial charge in [0.05, 0.1) is 5.56 Å². The Kier molecular flexibility index (Phi) is 4.78. The number of pyridine rings is 1. The average molecular weight is 357 g/mol. The Hall–Kier alpha value is -3.67. The Morgan fingerprint density at radius 1 is 0.852 bits per heavy atom. The van der Waals surface area contributed by atoms with E-state index in [4.69, 9.17) is 10.5 Å². The summed E-state index contributed by atoms with van der Waals surface area (Å²) in [4.78, 5) is 7.28. The lowest BCUT2D eigenvalue weighted by Crippen LogP contribution is -1.96. The van der Waals surface area contributed by atoms with E-state index in [9.17, 15) is 0 Å². The molecule has 0 unspecified atom stereocenters. The summed E-state index contributed by atoms with van der Waals surface area (Å²) < 4.78 is 5.82. The lowest BCUT2D eigenvalue weighted by atomic mass is 10.1. The maximum absolute atomic E-state index is 5.89. The Bertz CT molecular complexity index is 1010. The van der Waals surface area contributed by atoms with Gasteiger partial charge in [0.2, 0.25) is 0 Å². The molecule has 3 N–H and O–H groups in total. The number of nitrogens with zero attached hydrogens (tertiary/aromatic N) is 3. The summed E-state index contributed by atoms with van der Waals surface area (Å²) in [5, 5.41) is 8.38. The molecule has 0 aliphatic carbocycles. The van der Waals surface area contributed by atoms with Crippen molar-refractivity contribution in [2.24, 2.45) is 0 Å². The van der Waals surface area contributed by atoms with Gasteiger partial charge in [0.1, 0.15) is 24.0 Å². The van der Waals surface area contributed by atoms with Crippen LogP contribution < -0.4 is 10.5 Å². The first-order chi connectivity index (χ1) is 13.3. The fourth-order valence-electron chi connectivity index (χ4n) is 2.75. The lowest BCUT2D eigenvalue weighted by Gasteiger charge is -2.07. The molecule has 0 aliphatic heterocycles. The van der Waals surface area contributed by atoms with Crippen molar-refractivity contribution in [1.82, 2.24) is 20.2 Å². The molecule has 0 radical (unpaired) electrons. The normalized spacial score (nSPS) is 10.7. The molecule has 4 aromatic rings. The van der Waals surface area contributed by atoms with Crippen LogP contribution in [0.1, 0.15) is 17.0 Å². The number of nitrogen functional groups attached to an aromatic ring is 1. The van der Waals surface area contributed by atoms with Crippen molar-refractivity contribution in [2.45, 2.75) is 13.0 Å². The second-order valence-electron chi connectivity index (χ2n) is 6.15. The van der Waals surface area contributed by atoms with Gasteiger partial charge in [-0.2, -0.15) is 0 Å². The summed E-state index contributed by atoms with van der Waals surface area (Å²) in [6.45, 7) is 0.554. The number of aromatic nitrogens is 4. The molecule has 27 heavy (non-hydrogen) atoms. The first-order valence-corrected chi connectivity index (χ1v) is 8.66. The predicted octanol–water partition coefficient (Wildman–Crippen LogP) is 3.62. The van der Waals surface area contributed by atoms with E-state index in [-0.39, 0.29) is 0 Å². The second-order valence-corrected chi connectivity index (χ2v) is 6.15. The zero-order chi connectivity index (χ0) is 18.5. The third-order valence-electron chi connectivity index (χ3n) is 4.17. The van der Waals surface area contributed by atoms with Gasteiger partial charge in [-0.15, -0.1) is 10.2 Å². The van der Waals surface area contributed by atoms with Crippen molar-refractivity contribution in [3.8, 4) is 17.1 Å². The number of hydrogen-bond acceptors (Lipinski definition) is 5. The van der Waals surface area contributed by atoms with E-state index in [0.29, 0.717) is 24.7 Å². The maximum atomic E-state index is 5.89. The highest BCUT2D eigenvalue weighted by atomic mass is 16.5. The number of rotatable bonds is 6. The van der Waals surface area contributed by atoms with Gasteiger partial charge in [-0.25, -0.2) is 4.98 Å². The Labute approximate surface area is 157 Å². The number of hydrogen-bond donors (Lipinski definition) is 2. The molecule has 0 saturated carbocycles. The van der Waals surface area contributed by atoms with Crippen molar-refractivity contribution < 1.29 is 4.74 Å². The van der Waals surface area contributed by atoms with Crippen LogP contribution in [0, 0.1) is 0 Å². The molecule has 2 heterocycles. The van der Waals surface area contributed by atoms with Crippen molar-refractivity contribution >= 4 is 5.82 Å². The summed E-state index contributed by atoms with van der Waals surface area (Å²) in [6.07, 6.45) is 2.30. The molecule has 6 heteroatoms. The van der Waals surface area contributed by atoms with Crippen molar-refractivity contribution in [3.63, 3.8) is 0 Å². The summed E-state index contributed by atoms with van der Waals surface area (Å²) >= 11 is 0. The monoisotopic (exact) mass is 357 g/mol. The van der Waals surface area contributed by atoms with E-state index >= 15 is 0 Å². The molecule has 0 aliphatic rings. The minimum Gasteiger partial charge on any atom is -0.489 e. The van der Waals surface area contributed by atoms with Gasteiger partial charge in [-0.1, -0.05) is 42.5 Å². The van der Waals surface area contributed by atoms with Gasteiger partial charge >= 0.3 is 0 Å².